The molecule has 0 aromatic rings. The fourth-order valence-electron chi connectivity index (χ4n) is 4.94. The van der Waals surface area contributed by atoms with Gasteiger partial charge in [-0.1, -0.05) is 36.6 Å². The molecule has 0 heterocycles. The van der Waals surface area contributed by atoms with Crippen LogP contribution in [-0.2, 0) is 4.79 Å². The van der Waals surface area contributed by atoms with E-state index < -0.39 is 0 Å². The van der Waals surface area contributed by atoms with Gasteiger partial charge in [0.1, 0.15) is 5.78 Å². The molecule has 2 atom stereocenters. The molecule has 0 saturated heterocycles. The van der Waals surface area contributed by atoms with E-state index in [0.29, 0.717) is 11.7 Å². The minimum atomic E-state index is 0.376. The summed E-state index contributed by atoms with van der Waals surface area (Å²) in [5, 5.41) is 0. The number of hydrogen-bond donors (Lipinski definition) is 0. The van der Waals surface area contributed by atoms with Gasteiger partial charge in [-0.05, 0) is 76.0 Å². The summed E-state index contributed by atoms with van der Waals surface area (Å²) in [5.74, 6) is 3.53. The van der Waals surface area contributed by atoms with Crippen molar-refractivity contribution >= 4 is 5.78 Å². The van der Waals surface area contributed by atoms with Crippen LogP contribution in [0.2, 0.25) is 0 Å². The average molecular weight is 286 g/mol. The molecule has 116 valence electrons. The first kappa shape index (κ1) is 15.1. The minimum absolute atomic E-state index is 0.376. The number of ketones is 1. The zero-order valence-corrected chi connectivity index (χ0v) is 13.5. The third-order valence-corrected chi connectivity index (χ3v) is 6.35. The molecule has 0 aliphatic heterocycles. The van der Waals surface area contributed by atoms with E-state index >= 15 is 0 Å². The van der Waals surface area contributed by atoms with Crippen LogP contribution in [0.25, 0.3) is 0 Å². The van der Waals surface area contributed by atoms with Crippen molar-refractivity contribution in [3.05, 3.63) is 23.8 Å². The Kier molecular flexibility index (Phi) is 4.98. The molecule has 0 aromatic heterocycles. The Morgan fingerprint density at radius 2 is 1.67 bits per heavy atom. The predicted molar refractivity (Wildman–Crippen MR) is 88.0 cm³/mol. The molecule has 2 fully saturated rings. The third kappa shape index (κ3) is 3.67. The molecule has 0 bridgehead atoms. The maximum atomic E-state index is 11.6. The maximum absolute atomic E-state index is 11.6. The summed E-state index contributed by atoms with van der Waals surface area (Å²) in [4.78, 5) is 11.6. The van der Waals surface area contributed by atoms with Gasteiger partial charge in [-0.3, -0.25) is 4.79 Å². The van der Waals surface area contributed by atoms with E-state index in [1.165, 1.54) is 51.4 Å². The van der Waals surface area contributed by atoms with Gasteiger partial charge in [0.2, 0.25) is 0 Å². The number of carbonyl (C=O) groups is 1. The number of Topliss-reactive ketones (excluding diaryl/α,β-unsaturated/α-hetero) is 1. The lowest BCUT2D eigenvalue weighted by Gasteiger charge is -2.34. The fraction of sp³-hybridized carbons (Fsp3) is 0.750. The summed E-state index contributed by atoms with van der Waals surface area (Å²) in [6.45, 7) is 1.79. The van der Waals surface area contributed by atoms with Crippen molar-refractivity contribution in [3.8, 4) is 0 Å². The standard InChI is InChI=1S/C20H30O/c1-15(21)16-7-4-8-18(10-9-16)20-13-11-19(12-14-20)17-5-2-3-6-17/h2-3,5,16,18-20H,4,6-14H2,1H3. The van der Waals surface area contributed by atoms with E-state index in [0.717, 1.165) is 30.6 Å². The van der Waals surface area contributed by atoms with Gasteiger partial charge in [-0.15, -0.1) is 0 Å². The molecular formula is C20H30O. The fourth-order valence-corrected chi connectivity index (χ4v) is 4.94. The van der Waals surface area contributed by atoms with Crippen molar-refractivity contribution < 1.29 is 4.79 Å². The average Bonchev–Trinajstić information content (AvgIpc) is 2.91. The highest BCUT2D eigenvalue weighted by Crippen LogP contribution is 2.43. The molecule has 3 rings (SSSR count). The molecule has 0 N–H and O–H groups in total. The lowest BCUT2D eigenvalue weighted by Crippen LogP contribution is -2.22. The highest BCUT2D eigenvalue weighted by molar-refractivity contribution is 5.78. The van der Waals surface area contributed by atoms with Crippen LogP contribution in [0, 0.1) is 23.7 Å². The minimum Gasteiger partial charge on any atom is -0.300 e. The quantitative estimate of drug-likeness (QED) is 0.629. The van der Waals surface area contributed by atoms with Crippen molar-refractivity contribution in [1.29, 1.82) is 0 Å². The summed E-state index contributed by atoms with van der Waals surface area (Å²) in [6.07, 6.45) is 20.0. The van der Waals surface area contributed by atoms with E-state index in [9.17, 15) is 4.79 Å². The van der Waals surface area contributed by atoms with Crippen LogP contribution in [0.1, 0.15) is 71.1 Å². The van der Waals surface area contributed by atoms with Crippen molar-refractivity contribution in [3.63, 3.8) is 0 Å². The SMILES string of the molecule is CC(=O)C1CCCC(C2CCC(C3=CC=CC3)CC2)CC1. The molecular weight excluding hydrogens is 256 g/mol. The summed E-state index contributed by atoms with van der Waals surface area (Å²) in [5.41, 5.74) is 1.69. The zero-order chi connectivity index (χ0) is 14.7. The Morgan fingerprint density at radius 1 is 0.952 bits per heavy atom. The Balaban J connectivity index is 1.49. The zero-order valence-electron chi connectivity index (χ0n) is 13.5. The van der Waals surface area contributed by atoms with Crippen LogP contribution >= 0.6 is 0 Å². The normalized spacial score (nSPS) is 37.1. The lowest BCUT2D eigenvalue weighted by molar-refractivity contribution is -0.121. The summed E-state index contributed by atoms with van der Waals surface area (Å²) in [6, 6.07) is 0. The molecule has 2 unspecified atom stereocenters. The van der Waals surface area contributed by atoms with E-state index in [1.54, 1.807) is 12.5 Å². The smallest absolute Gasteiger partial charge is 0.132 e. The Morgan fingerprint density at radius 3 is 2.33 bits per heavy atom. The van der Waals surface area contributed by atoms with Gasteiger partial charge in [-0.2, -0.15) is 0 Å². The maximum Gasteiger partial charge on any atom is 0.132 e. The number of rotatable bonds is 3. The monoisotopic (exact) mass is 286 g/mol. The summed E-state index contributed by atoms with van der Waals surface area (Å²) in [7, 11) is 0. The second-order valence-corrected chi connectivity index (χ2v) is 7.56. The second kappa shape index (κ2) is 6.94. The summed E-state index contributed by atoms with van der Waals surface area (Å²) >= 11 is 0. The molecule has 1 heteroatoms. The van der Waals surface area contributed by atoms with Gasteiger partial charge in [0.25, 0.3) is 0 Å². The van der Waals surface area contributed by atoms with Crippen molar-refractivity contribution in [2.75, 3.05) is 0 Å². The Labute approximate surface area is 129 Å². The van der Waals surface area contributed by atoms with E-state index in [-0.39, 0.29) is 0 Å². The third-order valence-electron chi connectivity index (χ3n) is 6.35. The molecule has 0 amide bonds. The van der Waals surface area contributed by atoms with E-state index in [1.807, 2.05) is 0 Å². The van der Waals surface area contributed by atoms with Crippen LogP contribution in [0.4, 0.5) is 0 Å². The molecule has 1 nitrogen and oxygen atoms in total. The van der Waals surface area contributed by atoms with Crippen molar-refractivity contribution in [2.45, 2.75) is 71.1 Å². The molecule has 0 radical (unpaired) electrons. The van der Waals surface area contributed by atoms with E-state index in [4.69, 9.17) is 0 Å². The number of hydrogen-bond acceptors (Lipinski definition) is 1. The van der Waals surface area contributed by atoms with Gasteiger partial charge in [0.05, 0.1) is 0 Å². The van der Waals surface area contributed by atoms with Crippen LogP contribution in [0.15, 0.2) is 23.8 Å². The number of carbonyl (C=O) groups excluding carboxylic acids is 1. The first-order valence-corrected chi connectivity index (χ1v) is 9.10. The first-order valence-electron chi connectivity index (χ1n) is 9.10. The highest BCUT2D eigenvalue weighted by atomic mass is 16.1. The number of allylic oxidation sites excluding steroid dienone is 4. The highest BCUT2D eigenvalue weighted by Gasteiger charge is 2.31. The first-order chi connectivity index (χ1) is 10.2. The predicted octanol–water partition coefficient (Wildman–Crippen LogP) is 5.46. The Hall–Kier alpha value is -0.850. The topological polar surface area (TPSA) is 17.1 Å². The summed E-state index contributed by atoms with van der Waals surface area (Å²) < 4.78 is 0. The van der Waals surface area contributed by atoms with Gasteiger partial charge in [-0.25, -0.2) is 0 Å². The van der Waals surface area contributed by atoms with Gasteiger partial charge >= 0.3 is 0 Å². The van der Waals surface area contributed by atoms with Gasteiger partial charge < -0.3 is 0 Å². The van der Waals surface area contributed by atoms with Crippen LogP contribution in [0.5, 0.6) is 0 Å². The molecule has 3 aliphatic carbocycles. The van der Waals surface area contributed by atoms with E-state index in [2.05, 4.69) is 18.2 Å². The molecule has 0 spiro atoms. The van der Waals surface area contributed by atoms with Gasteiger partial charge in [0, 0.05) is 5.92 Å². The molecule has 0 aromatic carbocycles. The van der Waals surface area contributed by atoms with Crippen molar-refractivity contribution in [2.24, 2.45) is 23.7 Å². The molecule has 21 heavy (non-hydrogen) atoms. The van der Waals surface area contributed by atoms with Crippen LogP contribution in [0.3, 0.4) is 0 Å². The molecule has 2 saturated carbocycles. The van der Waals surface area contributed by atoms with Crippen LogP contribution in [-0.4, -0.2) is 5.78 Å². The lowest BCUT2D eigenvalue weighted by atomic mass is 9.71. The second-order valence-electron chi connectivity index (χ2n) is 7.56. The van der Waals surface area contributed by atoms with Crippen molar-refractivity contribution in [1.82, 2.24) is 0 Å². The van der Waals surface area contributed by atoms with Crippen LogP contribution < -0.4 is 0 Å². The largest absolute Gasteiger partial charge is 0.300 e. The van der Waals surface area contributed by atoms with Gasteiger partial charge in [0.15, 0.2) is 0 Å². The Bertz CT molecular complexity index is 423. The molecule has 3 aliphatic rings.